The van der Waals surface area contributed by atoms with Crippen LogP contribution in [0.4, 0.5) is 0 Å². The zero-order chi connectivity index (χ0) is 46.5. The molecule has 364 valence electrons. The van der Waals surface area contributed by atoms with Gasteiger partial charge in [-0.2, -0.15) is 0 Å². The van der Waals surface area contributed by atoms with Gasteiger partial charge in [0.25, 0.3) is 7.82 Å². The Morgan fingerprint density at radius 3 is 1.71 bits per heavy atom. The van der Waals surface area contributed by atoms with Gasteiger partial charge in [-0.15, -0.1) is 0 Å². The van der Waals surface area contributed by atoms with E-state index in [0.29, 0.717) is 36.7 Å². The third kappa shape index (κ3) is 47.2. The first-order valence-corrected chi connectivity index (χ1v) is 26.2. The summed E-state index contributed by atoms with van der Waals surface area (Å²) < 4.78 is 33.9. The number of carbonyl (C=O) groups is 2. The number of allylic oxidation sites excluding steroid dienone is 10. The summed E-state index contributed by atoms with van der Waals surface area (Å²) in [5.41, 5.74) is 0. The summed E-state index contributed by atoms with van der Waals surface area (Å²) in [7, 11) is 1.10. The third-order valence-electron chi connectivity index (χ3n) is 10.3. The smallest absolute Gasteiger partial charge is 0.306 e. The number of likely N-dealkylation sites (N-methyl/N-ethyl adjacent to an activating group) is 1. The number of aliphatic hydroxyl groups excluding tert-OH is 1. The van der Waals surface area contributed by atoms with Crippen molar-refractivity contribution >= 4 is 19.8 Å². The molecular weight excluding hydrogens is 814 g/mol. The Morgan fingerprint density at radius 2 is 1.11 bits per heavy atom. The number of phosphoric ester groups is 1. The SMILES string of the molecule is CC/C=C\C(O)C/C=C/C=C\C/C=C\C/C=C\CCCC(=O)OC[C@H](COP(=O)([O-])OCC[N+](C)(C)C)OC(=O)CCCCCCCCCCCCC/C=C\CCCCCCCC. The molecule has 11 heteroatoms. The number of quaternary nitrogens is 1. The van der Waals surface area contributed by atoms with Crippen LogP contribution in [0.15, 0.2) is 72.9 Å². The molecule has 0 radical (unpaired) electrons. The van der Waals surface area contributed by atoms with Crippen LogP contribution in [0.3, 0.4) is 0 Å². The highest BCUT2D eigenvalue weighted by Crippen LogP contribution is 2.38. The fraction of sp³-hybridized carbons (Fsp3) is 0.731. The van der Waals surface area contributed by atoms with E-state index < -0.39 is 38.6 Å². The van der Waals surface area contributed by atoms with Crippen LogP contribution >= 0.6 is 7.82 Å². The molecule has 0 aromatic heterocycles. The van der Waals surface area contributed by atoms with Gasteiger partial charge in [0, 0.05) is 12.8 Å². The van der Waals surface area contributed by atoms with Gasteiger partial charge < -0.3 is 33.0 Å². The maximum absolute atomic E-state index is 12.7. The normalized spacial score (nSPS) is 14.6. The fourth-order valence-corrected chi connectivity index (χ4v) is 7.14. The van der Waals surface area contributed by atoms with Gasteiger partial charge in [0.1, 0.15) is 19.8 Å². The van der Waals surface area contributed by atoms with Crippen molar-refractivity contribution in [3.05, 3.63) is 72.9 Å². The first-order chi connectivity index (χ1) is 30.4. The second-order valence-corrected chi connectivity index (χ2v) is 19.1. The van der Waals surface area contributed by atoms with Gasteiger partial charge in [0.2, 0.25) is 0 Å². The van der Waals surface area contributed by atoms with Crippen molar-refractivity contribution in [1.82, 2.24) is 0 Å². The lowest BCUT2D eigenvalue weighted by Crippen LogP contribution is -2.37. The number of ether oxygens (including phenoxy) is 2. The Bertz CT molecular complexity index is 1320. The molecule has 3 atom stereocenters. The minimum Gasteiger partial charge on any atom is -0.756 e. The summed E-state index contributed by atoms with van der Waals surface area (Å²) in [6.07, 6.45) is 51.4. The molecule has 1 N–H and O–H groups in total. The lowest BCUT2D eigenvalue weighted by molar-refractivity contribution is -0.870. The van der Waals surface area contributed by atoms with E-state index in [1.54, 1.807) is 0 Å². The van der Waals surface area contributed by atoms with Gasteiger partial charge in [-0.05, 0) is 70.6 Å². The summed E-state index contributed by atoms with van der Waals surface area (Å²) in [6.45, 7) is 3.91. The Morgan fingerprint density at radius 1 is 0.603 bits per heavy atom. The summed E-state index contributed by atoms with van der Waals surface area (Å²) in [5, 5.41) is 9.78. The molecule has 2 unspecified atom stereocenters. The van der Waals surface area contributed by atoms with Crippen molar-refractivity contribution in [2.24, 2.45) is 0 Å². The van der Waals surface area contributed by atoms with E-state index in [9.17, 15) is 24.2 Å². The number of hydrogen-bond donors (Lipinski definition) is 1. The lowest BCUT2D eigenvalue weighted by Gasteiger charge is -2.28. The largest absolute Gasteiger partial charge is 0.756 e. The van der Waals surface area contributed by atoms with E-state index in [1.165, 1.54) is 96.3 Å². The van der Waals surface area contributed by atoms with Gasteiger partial charge in [-0.1, -0.05) is 177 Å². The summed E-state index contributed by atoms with van der Waals surface area (Å²) >= 11 is 0. The maximum Gasteiger partial charge on any atom is 0.306 e. The predicted molar refractivity (Wildman–Crippen MR) is 260 cm³/mol. The maximum atomic E-state index is 12.7. The topological polar surface area (TPSA) is 131 Å². The summed E-state index contributed by atoms with van der Waals surface area (Å²) in [5.74, 6) is -0.929. The number of unbranched alkanes of at least 4 members (excludes halogenated alkanes) is 18. The second-order valence-electron chi connectivity index (χ2n) is 17.6. The molecule has 0 rings (SSSR count). The number of esters is 2. The van der Waals surface area contributed by atoms with E-state index in [2.05, 4.69) is 37.3 Å². The molecule has 0 aliphatic heterocycles. The van der Waals surface area contributed by atoms with E-state index in [-0.39, 0.29) is 26.1 Å². The van der Waals surface area contributed by atoms with Crippen molar-refractivity contribution in [2.45, 2.75) is 199 Å². The molecule has 0 fully saturated rings. The summed E-state index contributed by atoms with van der Waals surface area (Å²) in [6, 6.07) is 0. The molecule has 0 aromatic rings. The highest BCUT2D eigenvalue weighted by atomic mass is 31.2. The molecule has 0 saturated carbocycles. The van der Waals surface area contributed by atoms with E-state index >= 15 is 0 Å². The molecule has 0 bridgehead atoms. The number of phosphoric acid groups is 1. The summed E-state index contributed by atoms with van der Waals surface area (Å²) in [4.78, 5) is 37.7. The van der Waals surface area contributed by atoms with Crippen LogP contribution in [-0.4, -0.2) is 81.2 Å². The lowest BCUT2D eigenvalue weighted by atomic mass is 10.0. The van der Waals surface area contributed by atoms with Crippen LogP contribution in [0.1, 0.15) is 187 Å². The zero-order valence-corrected chi connectivity index (χ0v) is 41.5. The molecule has 0 aliphatic rings. The molecule has 63 heavy (non-hydrogen) atoms. The Kier molecular flexibility index (Phi) is 41.5. The van der Waals surface area contributed by atoms with Gasteiger partial charge in [0.05, 0.1) is 33.9 Å². The fourth-order valence-electron chi connectivity index (χ4n) is 6.41. The first kappa shape index (κ1) is 60.4. The predicted octanol–water partition coefficient (Wildman–Crippen LogP) is 12.9. The molecule has 0 aliphatic carbocycles. The van der Waals surface area contributed by atoms with E-state index in [0.717, 1.165) is 38.5 Å². The van der Waals surface area contributed by atoms with Crippen LogP contribution in [0.5, 0.6) is 0 Å². The van der Waals surface area contributed by atoms with Gasteiger partial charge in [0.15, 0.2) is 6.10 Å². The monoisotopic (exact) mass is 906 g/mol. The number of nitrogens with zero attached hydrogens (tertiary/aromatic N) is 1. The number of hydrogen-bond acceptors (Lipinski definition) is 9. The van der Waals surface area contributed by atoms with Crippen molar-refractivity contribution in [3.63, 3.8) is 0 Å². The van der Waals surface area contributed by atoms with Crippen LogP contribution in [0, 0.1) is 0 Å². The average molecular weight is 906 g/mol. The van der Waals surface area contributed by atoms with Gasteiger partial charge in [-0.25, -0.2) is 0 Å². The minimum atomic E-state index is -4.65. The third-order valence-corrected chi connectivity index (χ3v) is 11.2. The Labute approximate surface area is 385 Å². The van der Waals surface area contributed by atoms with Crippen molar-refractivity contribution in [3.8, 4) is 0 Å². The highest BCUT2D eigenvalue weighted by molar-refractivity contribution is 7.45. The number of aliphatic hydroxyl groups is 1. The molecule has 0 amide bonds. The van der Waals surface area contributed by atoms with E-state index in [4.69, 9.17) is 18.5 Å². The molecule has 0 aromatic carbocycles. The average Bonchev–Trinajstić information content (AvgIpc) is 3.23. The molecule has 10 nitrogen and oxygen atoms in total. The van der Waals surface area contributed by atoms with Crippen LogP contribution in [-0.2, 0) is 32.7 Å². The second kappa shape index (κ2) is 43.3. The molecule has 0 spiro atoms. The quantitative estimate of drug-likeness (QED) is 0.0158. The van der Waals surface area contributed by atoms with E-state index in [1.807, 2.05) is 70.6 Å². The van der Waals surface area contributed by atoms with Crippen molar-refractivity contribution in [2.75, 3.05) is 47.5 Å². The first-order valence-electron chi connectivity index (χ1n) is 24.8. The Balaban J connectivity index is 4.38. The molecule has 0 heterocycles. The van der Waals surface area contributed by atoms with Crippen molar-refractivity contribution < 1.29 is 47.2 Å². The standard InChI is InChI=1S/C52H92NO9P/c1-6-8-10-11-12-13-14-15-16-17-18-19-20-21-22-23-28-31-34-37-40-44-52(56)62-50(48-61-63(57,58)60-46-45-53(3,4)5)47-59-51(55)43-39-36-33-30-27-25-24-26-29-32-35-38-42-49(54)41-9-7-2/h9,15-16,24-25,29-30,32-33,35,38,41,49-50,54H,6-8,10-14,17-23,26-28,31,34,36-37,39-40,42-48H2,1-5H3/b16-15-,25-24-,32-29-,33-30-,38-35+,41-9-/t49?,50-/m1/s1. The van der Waals surface area contributed by atoms with Crippen molar-refractivity contribution in [1.29, 1.82) is 0 Å². The van der Waals surface area contributed by atoms with Crippen LogP contribution in [0.2, 0.25) is 0 Å². The Hall–Kier alpha value is -2.59. The highest BCUT2D eigenvalue weighted by Gasteiger charge is 2.21. The zero-order valence-electron chi connectivity index (χ0n) is 40.6. The molecular formula is C52H92NO9P. The number of rotatable bonds is 44. The minimum absolute atomic E-state index is 0.0497. The van der Waals surface area contributed by atoms with Crippen LogP contribution < -0.4 is 4.89 Å². The number of carbonyl (C=O) groups excluding carboxylic acids is 2. The van der Waals surface area contributed by atoms with Gasteiger partial charge >= 0.3 is 11.9 Å². The van der Waals surface area contributed by atoms with Gasteiger partial charge in [-0.3, -0.25) is 14.2 Å². The molecule has 0 saturated heterocycles. The van der Waals surface area contributed by atoms with Crippen LogP contribution in [0.25, 0.3) is 0 Å².